The molecular formula is C16H13ClF2N2. The molecule has 2 aromatic carbocycles. The standard InChI is InChI=1S/C16H13ClF2N2/c1-10(12-3-2-4-13(17)7-12)21-9-14-15(18)5-11(8-20)6-16(14)19/h2-7,10,21H,9H2,1H3. The first-order chi connectivity index (χ1) is 10.0. The summed E-state index contributed by atoms with van der Waals surface area (Å²) in [5, 5.41) is 12.3. The summed E-state index contributed by atoms with van der Waals surface area (Å²) in [5.74, 6) is -1.45. The molecule has 0 saturated carbocycles. The van der Waals surface area contributed by atoms with Crippen molar-refractivity contribution in [1.29, 1.82) is 5.26 Å². The van der Waals surface area contributed by atoms with E-state index < -0.39 is 11.6 Å². The van der Waals surface area contributed by atoms with Crippen molar-refractivity contribution >= 4 is 11.6 Å². The zero-order valence-electron chi connectivity index (χ0n) is 11.3. The number of benzene rings is 2. The van der Waals surface area contributed by atoms with E-state index in [9.17, 15) is 8.78 Å². The van der Waals surface area contributed by atoms with E-state index in [2.05, 4.69) is 5.32 Å². The van der Waals surface area contributed by atoms with Crippen molar-refractivity contribution < 1.29 is 8.78 Å². The van der Waals surface area contributed by atoms with Crippen LogP contribution in [0.4, 0.5) is 8.78 Å². The lowest BCUT2D eigenvalue weighted by Crippen LogP contribution is -2.19. The molecule has 0 aliphatic rings. The van der Waals surface area contributed by atoms with Crippen molar-refractivity contribution in [3.05, 3.63) is 69.7 Å². The van der Waals surface area contributed by atoms with E-state index in [1.165, 1.54) is 0 Å². The Kier molecular flexibility index (Phi) is 4.89. The van der Waals surface area contributed by atoms with Gasteiger partial charge in [0.15, 0.2) is 0 Å². The van der Waals surface area contributed by atoms with Gasteiger partial charge in [0.05, 0.1) is 11.6 Å². The van der Waals surface area contributed by atoms with Gasteiger partial charge in [0.1, 0.15) is 11.6 Å². The van der Waals surface area contributed by atoms with Crippen LogP contribution in [0.2, 0.25) is 5.02 Å². The number of nitrogens with one attached hydrogen (secondary N) is 1. The molecule has 0 amide bonds. The normalized spacial score (nSPS) is 12.0. The van der Waals surface area contributed by atoms with Crippen molar-refractivity contribution in [2.24, 2.45) is 0 Å². The predicted octanol–water partition coefficient (Wildman–Crippen LogP) is 4.34. The largest absolute Gasteiger partial charge is 0.306 e. The van der Waals surface area contributed by atoms with Gasteiger partial charge in [-0.2, -0.15) is 5.26 Å². The van der Waals surface area contributed by atoms with E-state index in [0.29, 0.717) is 5.02 Å². The fourth-order valence-corrected chi connectivity index (χ4v) is 2.18. The zero-order valence-corrected chi connectivity index (χ0v) is 12.1. The molecule has 1 atom stereocenters. The van der Waals surface area contributed by atoms with E-state index in [1.54, 1.807) is 18.2 Å². The number of rotatable bonds is 4. The lowest BCUT2D eigenvalue weighted by molar-refractivity contribution is 0.509. The van der Waals surface area contributed by atoms with Crippen LogP contribution in [0.25, 0.3) is 0 Å². The van der Waals surface area contributed by atoms with Gasteiger partial charge < -0.3 is 5.32 Å². The smallest absolute Gasteiger partial charge is 0.131 e. The Morgan fingerprint density at radius 1 is 1.24 bits per heavy atom. The number of nitrogens with zero attached hydrogens (tertiary/aromatic N) is 1. The predicted molar refractivity (Wildman–Crippen MR) is 77.8 cm³/mol. The molecule has 0 bridgehead atoms. The number of hydrogen-bond donors (Lipinski definition) is 1. The van der Waals surface area contributed by atoms with Gasteiger partial charge in [0.2, 0.25) is 0 Å². The minimum absolute atomic E-state index is 0.0249. The first kappa shape index (κ1) is 15.4. The van der Waals surface area contributed by atoms with Crippen LogP contribution in [0, 0.1) is 23.0 Å². The molecule has 1 N–H and O–H groups in total. The van der Waals surface area contributed by atoms with Crippen LogP contribution in [-0.2, 0) is 6.54 Å². The Balaban J connectivity index is 2.12. The van der Waals surface area contributed by atoms with Crippen LogP contribution in [0.5, 0.6) is 0 Å². The van der Waals surface area contributed by atoms with Gasteiger partial charge in [-0.3, -0.25) is 0 Å². The van der Waals surface area contributed by atoms with Crippen molar-refractivity contribution in [3.8, 4) is 6.07 Å². The fraction of sp³-hybridized carbons (Fsp3) is 0.188. The van der Waals surface area contributed by atoms with Gasteiger partial charge in [-0.05, 0) is 36.8 Å². The Morgan fingerprint density at radius 2 is 1.90 bits per heavy atom. The molecule has 1 unspecified atom stereocenters. The van der Waals surface area contributed by atoms with Gasteiger partial charge in [-0.15, -0.1) is 0 Å². The Hall–Kier alpha value is -1.96. The molecule has 0 aliphatic carbocycles. The summed E-state index contributed by atoms with van der Waals surface area (Å²) in [4.78, 5) is 0. The molecule has 0 aromatic heterocycles. The maximum absolute atomic E-state index is 13.8. The Morgan fingerprint density at radius 3 is 2.48 bits per heavy atom. The number of hydrogen-bond acceptors (Lipinski definition) is 2. The third kappa shape index (κ3) is 3.78. The molecule has 21 heavy (non-hydrogen) atoms. The lowest BCUT2D eigenvalue weighted by atomic mass is 10.1. The highest BCUT2D eigenvalue weighted by molar-refractivity contribution is 6.30. The van der Waals surface area contributed by atoms with Crippen LogP contribution in [0.15, 0.2) is 36.4 Å². The minimum Gasteiger partial charge on any atom is -0.306 e. The number of nitriles is 1. The summed E-state index contributed by atoms with van der Waals surface area (Å²) < 4.78 is 27.5. The molecule has 2 aromatic rings. The Bertz CT molecular complexity index is 672. The minimum atomic E-state index is -0.725. The molecule has 5 heteroatoms. The fourth-order valence-electron chi connectivity index (χ4n) is 1.99. The van der Waals surface area contributed by atoms with Gasteiger partial charge >= 0.3 is 0 Å². The molecule has 0 fully saturated rings. The van der Waals surface area contributed by atoms with Crippen LogP contribution in [0.1, 0.15) is 29.7 Å². The maximum Gasteiger partial charge on any atom is 0.131 e. The summed E-state index contributed by atoms with van der Waals surface area (Å²) in [5.41, 5.74) is 0.816. The van der Waals surface area contributed by atoms with Crippen LogP contribution in [-0.4, -0.2) is 0 Å². The monoisotopic (exact) mass is 306 g/mol. The van der Waals surface area contributed by atoms with Crippen LogP contribution in [0.3, 0.4) is 0 Å². The SMILES string of the molecule is CC(NCc1c(F)cc(C#N)cc1F)c1cccc(Cl)c1. The second kappa shape index (κ2) is 6.66. The molecule has 0 saturated heterocycles. The molecule has 2 rings (SSSR count). The average molecular weight is 307 g/mol. The Labute approximate surface area is 127 Å². The van der Waals surface area contributed by atoms with Crippen LogP contribution < -0.4 is 5.32 Å². The second-order valence-electron chi connectivity index (χ2n) is 4.69. The van der Waals surface area contributed by atoms with E-state index in [-0.39, 0.29) is 23.7 Å². The lowest BCUT2D eigenvalue weighted by Gasteiger charge is -2.15. The molecule has 2 nitrogen and oxygen atoms in total. The number of halogens is 3. The molecule has 0 aliphatic heterocycles. The topological polar surface area (TPSA) is 35.8 Å². The molecular weight excluding hydrogens is 294 g/mol. The highest BCUT2D eigenvalue weighted by atomic mass is 35.5. The van der Waals surface area contributed by atoms with E-state index in [0.717, 1.165) is 17.7 Å². The van der Waals surface area contributed by atoms with Gasteiger partial charge in [0.25, 0.3) is 0 Å². The maximum atomic E-state index is 13.8. The first-order valence-electron chi connectivity index (χ1n) is 6.38. The third-order valence-electron chi connectivity index (χ3n) is 3.20. The van der Waals surface area contributed by atoms with E-state index >= 15 is 0 Å². The molecule has 0 heterocycles. The average Bonchev–Trinajstić information content (AvgIpc) is 2.45. The van der Waals surface area contributed by atoms with Gasteiger partial charge in [-0.1, -0.05) is 23.7 Å². The van der Waals surface area contributed by atoms with Crippen molar-refractivity contribution in [3.63, 3.8) is 0 Å². The summed E-state index contributed by atoms with van der Waals surface area (Å²) >= 11 is 5.91. The molecule has 0 radical (unpaired) electrons. The highest BCUT2D eigenvalue weighted by Gasteiger charge is 2.13. The summed E-state index contributed by atoms with van der Waals surface area (Å²) in [6, 6.07) is 10.9. The second-order valence-corrected chi connectivity index (χ2v) is 5.12. The van der Waals surface area contributed by atoms with Gasteiger partial charge in [0, 0.05) is 23.2 Å². The van der Waals surface area contributed by atoms with Gasteiger partial charge in [-0.25, -0.2) is 8.78 Å². The quantitative estimate of drug-likeness (QED) is 0.912. The molecule has 0 spiro atoms. The third-order valence-corrected chi connectivity index (χ3v) is 3.44. The summed E-state index contributed by atoms with van der Waals surface area (Å²) in [7, 11) is 0. The first-order valence-corrected chi connectivity index (χ1v) is 6.76. The van der Waals surface area contributed by atoms with Crippen molar-refractivity contribution in [2.45, 2.75) is 19.5 Å². The van der Waals surface area contributed by atoms with Crippen LogP contribution >= 0.6 is 11.6 Å². The summed E-state index contributed by atoms with van der Waals surface area (Å²) in [6.07, 6.45) is 0. The highest BCUT2D eigenvalue weighted by Crippen LogP contribution is 2.20. The van der Waals surface area contributed by atoms with E-state index in [4.69, 9.17) is 16.9 Å². The van der Waals surface area contributed by atoms with E-state index in [1.807, 2.05) is 19.1 Å². The van der Waals surface area contributed by atoms with Crippen molar-refractivity contribution in [1.82, 2.24) is 5.32 Å². The van der Waals surface area contributed by atoms with Crippen molar-refractivity contribution in [2.75, 3.05) is 0 Å². The summed E-state index contributed by atoms with van der Waals surface area (Å²) in [6.45, 7) is 1.90. The molecule has 108 valence electrons. The zero-order chi connectivity index (χ0) is 15.4.